The second-order valence-electron chi connectivity index (χ2n) is 5.02. The first-order chi connectivity index (χ1) is 11.3. The molecule has 0 bridgehead atoms. The van der Waals surface area contributed by atoms with Gasteiger partial charge in [0.2, 0.25) is 10.0 Å². The number of carbonyl (C=O) groups excluding carboxylic acids is 1. The van der Waals surface area contributed by atoms with E-state index in [2.05, 4.69) is 22.1 Å². The van der Waals surface area contributed by atoms with Crippen molar-refractivity contribution >= 4 is 33.0 Å². The van der Waals surface area contributed by atoms with Crippen molar-refractivity contribution < 1.29 is 13.2 Å². The van der Waals surface area contributed by atoms with Gasteiger partial charge in [-0.15, -0.1) is 0 Å². The first-order valence-electron chi connectivity index (χ1n) is 6.87. The minimum absolute atomic E-state index is 0.0130. The van der Waals surface area contributed by atoms with Gasteiger partial charge < -0.3 is 5.32 Å². The lowest BCUT2D eigenvalue weighted by Crippen LogP contribution is -2.11. The predicted molar refractivity (Wildman–Crippen MR) is 91.9 cm³/mol. The van der Waals surface area contributed by atoms with Crippen LogP contribution < -0.4 is 10.5 Å². The number of hydrogen-bond donors (Lipinski definition) is 2. The fourth-order valence-electron chi connectivity index (χ4n) is 1.67. The minimum Gasteiger partial charge on any atom is -0.322 e. The second kappa shape index (κ2) is 7.16. The van der Waals surface area contributed by atoms with Gasteiger partial charge in [0.25, 0.3) is 5.91 Å². The molecule has 8 heteroatoms. The normalized spacial score (nSPS) is 11.4. The molecule has 24 heavy (non-hydrogen) atoms. The van der Waals surface area contributed by atoms with E-state index in [0.29, 0.717) is 22.6 Å². The van der Waals surface area contributed by atoms with Crippen LogP contribution in [-0.2, 0) is 14.8 Å². The molecule has 7 nitrogen and oxygen atoms in total. The number of nitrogens with two attached hydrogens (primary N) is 1. The molecule has 0 aliphatic rings. The molecule has 0 atom stereocenters. The highest BCUT2D eigenvalue weighted by Crippen LogP contribution is 2.21. The van der Waals surface area contributed by atoms with Crippen molar-refractivity contribution in [2.24, 2.45) is 15.4 Å². The number of amides is 1. The summed E-state index contributed by atoms with van der Waals surface area (Å²) in [4.78, 5) is 11.5. The molecule has 0 aliphatic carbocycles. The van der Waals surface area contributed by atoms with E-state index in [4.69, 9.17) is 5.14 Å². The van der Waals surface area contributed by atoms with Crippen LogP contribution in [0.25, 0.3) is 0 Å². The molecule has 0 radical (unpaired) electrons. The molecule has 0 aliphatic heterocycles. The molecule has 2 aromatic rings. The molecular formula is C16H16N4O3S. The number of sulfonamides is 1. The monoisotopic (exact) mass is 344 g/mol. The standard InChI is InChI=1S/C16H16N4O3S/c1-11(2)16(21)18-12-3-5-13(6-4-12)19-20-14-7-9-15(10-8-14)24(17,22)23/h3-10H,1H2,2H3,(H,18,21)(H2,17,22,23). The molecular weight excluding hydrogens is 328 g/mol. The Hall–Kier alpha value is -2.84. The molecule has 0 unspecified atom stereocenters. The Bertz CT molecular complexity index is 886. The summed E-state index contributed by atoms with van der Waals surface area (Å²) in [6.07, 6.45) is 0. The number of azo groups is 1. The summed E-state index contributed by atoms with van der Waals surface area (Å²) >= 11 is 0. The molecule has 0 aromatic heterocycles. The molecule has 0 fully saturated rings. The van der Waals surface area contributed by atoms with Crippen LogP contribution in [0.5, 0.6) is 0 Å². The van der Waals surface area contributed by atoms with Crippen molar-refractivity contribution in [2.45, 2.75) is 11.8 Å². The molecule has 0 saturated carbocycles. The lowest BCUT2D eigenvalue weighted by Gasteiger charge is -2.04. The first-order valence-corrected chi connectivity index (χ1v) is 8.42. The average Bonchev–Trinajstić information content (AvgIpc) is 2.53. The van der Waals surface area contributed by atoms with Gasteiger partial charge in [-0.1, -0.05) is 6.58 Å². The number of benzene rings is 2. The average molecular weight is 344 g/mol. The van der Waals surface area contributed by atoms with Crippen LogP contribution in [0.4, 0.5) is 17.1 Å². The Morgan fingerprint density at radius 3 is 1.88 bits per heavy atom. The fraction of sp³-hybridized carbons (Fsp3) is 0.0625. The van der Waals surface area contributed by atoms with Gasteiger partial charge in [-0.3, -0.25) is 4.79 Å². The molecule has 0 spiro atoms. The lowest BCUT2D eigenvalue weighted by atomic mass is 10.2. The maximum absolute atomic E-state index is 11.5. The van der Waals surface area contributed by atoms with Crippen LogP contribution in [0.2, 0.25) is 0 Å². The summed E-state index contributed by atoms with van der Waals surface area (Å²) in [7, 11) is -3.72. The highest BCUT2D eigenvalue weighted by molar-refractivity contribution is 7.89. The van der Waals surface area contributed by atoms with Gasteiger partial charge in [0.15, 0.2) is 0 Å². The Morgan fingerprint density at radius 1 is 1.00 bits per heavy atom. The lowest BCUT2D eigenvalue weighted by molar-refractivity contribution is -0.112. The maximum Gasteiger partial charge on any atom is 0.250 e. The summed E-state index contributed by atoms with van der Waals surface area (Å²) in [6, 6.07) is 12.5. The smallest absolute Gasteiger partial charge is 0.250 e. The maximum atomic E-state index is 11.5. The molecule has 1 amide bonds. The van der Waals surface area contributed by atoms with Crippen molar-refractivity contribution in [3.63, 3.8) is 0 Å². The number of primary sulfonamides is 1. The summed E-state index contributed by atoms with van der Waals surface area (Å²) < 4.78 is 22.3. The third-order valence-corrected chi connectivity index (χ3v) is 3.89. The Morgan fingerprint density at radius 2 is 1.46 bits per heavy atom. The Labute approximate surface area is 140 Å². The third kappa shape index (κ3) is 4.83. The van der Waals surface area contributed by atoms with Crippen LogP contribution >= 0.6 is 0 Å². The second-order valence-corrected chi connectivity index (χ2v) is 6.58. The molecule has 0 saturated heterocycles. The quantitative estimate of drug-likeness (QED) is 0.641. The van der Waals surface area contributed by atoms with Gasteiger partial charge in [-0.2, -0.15) is 10.2 Å². The highest BCUT2D eigenvalue weighted by Gasteiger charge is 2.06. The number of nitrogens with one attached hydrogen (secondary N) is 1. The van der Waals surface area contributed by atoms with Gasteiger partial charge >= 0.3 is 0 Å². The van der Waals surface area contributed by atoms with Crippen molar-refractivity contribution in [3.05, 3.63) is 60.7 Å². The molecule has 2 rings (SSSR count). The Balaban J connectivity index is 2.07. The molecule has 124 valence electrons. The number of carbonyl (C=O) groups is 1. The molecule has 3 N–H and O–H groups in total. The van der Waals surface area contributed by atoms with Gasteiger partial charge in [0.05, 0.1) is 16.3 Å². The molecule has 0 heterocycles. The van der Waals surface area contributed by atoms with E-state index in [1.165, 1.54) is 24.3 Å². The SMILES string of the molecule is C=C(C)C(=O)Nc1ccc(N=Nc2ccc(S(N)(=O)=O)cc2)cc1. The van der Waals surface area contributed by atoms with Crippen LogP contribution in [0.1, 0.15) is 6.92 Å². The van der Waals surface area contributed by atoms with E-state index in [1.807, 2.05) is 0 Å². The number of rotatable bonds is 5. The van der Waals surface area contributed by atoms with E-state index in [0.717, 1.165) is 0 Å². The van der Waals surface area contributed by atoms with Crippen molar-refractivity contribution in [3.8, 4) is 0 Å². The highest BCUT2D eigenvalue weighted by atomic mass is 32.2. The largest absolute Gasteiger partial charge is 0.322 e. The Kier molecular flexibility index (Phi) is 5.22. The van der Waals surface area contributed by atoms with Crippen LogP contribution in [0.15, 0.2) is 75.8 Å². The summed E-state index contributed by atoms with van der Waals surface area (Å²) in [5.41, 5.74) is 2.11. The van der Waals surface area contributed by atoms with Crippen molar-refractivity contribution in [1.82, 2.24) is 0 Å². The van der Waals surface area contributed by atoms with E-state index >= 15 is 0 Å². The van der Waals surface area contributed by atoms with Crippen molar-refractivity contribution in [1.29, 1.82) is 0 Å². The number of hydrogen-bond acceptors (Lipinski definition) is 5. The van der Waals surface area contributed by atoms with Crippen LogP contribution in [0.3, 0.4) is 0 Å². The van der Waals surface area contributed by atoms with E-state index in [-0.39, 0.29) is 10.8 Å². The third-order valence-electron chi connectivity index (χ3n) is 2.96. The summed E-state index contributed by atoms with van der Waals surface area (Å²) in [6.45, 7) is 5.19. The van der Waals surface area contributed by atoms with Gasteiger partial charge in [-0.05, 0) is 55.5 Å². The predicted octanol–water partition coefficient (Wildman–Crippen LogP) is 3.26. The topological polar surface area (TPSA) is 114 Å². The molecule has 2 aromatic carbocycles. The van der Waals surface area contributed by atoms with Gasteiger partial charge in [-0.25, -0.2) is 13.6 Å². The zero-order chi connectivity index (χ0) is 17.7. The minimum atomic E-state index is -3.72. The number of anilines is 1. The fourth-order valence-corrected chi connectivity index (χ4v) is 2.18. The zero-order valence-electron chi connectivity index (χ0n) is 12.9. The van der Waals surface area contributed by atoms with Crippen molar-refractivity contribution in [2.75, 3.05) is 5.32 Å². The number of nitrogens with zero attached hydrogens (tertiary/aromatic N) is 2. The zero-order valence-corrected chi connectivity index (χ0v) is 13.7. The van der Waals surface area contributed by atoms with Gasteiger partial charge in [0, 0.05) is 11.3 Å². The summed E-state index contributed by atoms with van der Waals surface area (Å²) in [5, 5.41) is 15.7. The van der Waals surface area contributed by atoms with E-state index < -0.39 is 10.0 Å². The van der Waals surface area contributed by atoms with Crippen LogP contribution in [-0.4, -0.2) is 14.3 Å². The first kappa shape index (κ1) is 17.5. The summed E-state index contributed by atoms with van der Waals surface area (Å²) in [5.74, 6) is -0.251. The van der Waals surface area contributed by atoms with E-state index in [9.17, 15) is 13.2 Å². The van der Waals surface area contributed by atoms with Crippen LogP contribution in [0, 0.1) is 0 Å². The van der Waals surface area contributed by atoms with E-state index in [1.54, 1.807) is 31.2 Å². The van der Waals surface area contributed by atoms with Gasteiger partial charge in [0.1, 0.15) is 0 Å².